The van der Waals surface area contributed by atoms with Gasteiger partial charge in [0, 0.05) is 43.7 Å². The van der Waals surface area contributed by atoms with Gasteiger partial charge in [0.05, 0.1) is 47.7 Å². The molecule has 3 aromatic rings. The maximum absolute atomic E-state index is 13.5. The number of carbonyl (C=O) groups excluding carboxylic acids is 3. The zero-order chi connectivity index (χ0) is 32.5. The fourth-order valence-electron chi connectivity index (χ4n) is 5.29. The summed E-state index contributed by atoms with van der Waals surface area (Å²) >= 11 is 0. The molecule has 0 spiro atoms. The molecule has 45 heavy (non-hydrogen) atoms. The third-order valence-corrected chi connectivity index (χ3v) is 7.88. The lowest BCUT2D eigenvalue weighted by Crippen LogP contribution is -2.50. The normalized spacial score (nSPS) is 15.5. The van der Waals surface area contributed by atoms with E-state index in [9.17, 15) is 14.4 Å². The minimum Gasteiger partial charge on any atom is -0.494 e. The molecule has 16 heteroatoms. The number of likely N-dealkylation sites (tertiary alicyclic amines) is 1. The van der Waals surface area contributed by atoms with Gasteiger partial charge in [-0.05, 0) is 58.0 Å². The Kier molecular flexibility index (Phi) is 9.24. The zero-order valence-electron chi connectivity index (χ0n) is 25.8. The molecule has 3 N–H and O–H groups in total. The molecule has 228 valence electrons. The second-order valence-electron chi connectivity index (χ2n) is 11.7. The van der Waals surface area contributed by atoms with Crippen LogP contribution < -0.4 is 20.7 Å². The van der Waals surface area contributed by atoms with E-state index in [1.54, 1.807) is 29.9 Å². The Morgan fingerprint density at radius 1 is 1.02 bits per heavy atom. The number of nitrogens with zero attached hydrogens (tertiary/aromatic N) is 6. The number of anilines is 3. The van der Waals surface area contributed by atoms with E-state index in [2.05, 4.69) is 50.2 Å². The molecule has 2 aliphatic rings. The molecule has 6 radical (unpaired) electrons. The number of benzene rings is 1. The summed E-state index contributed by atoms with van der Waals surface area (Å²) in [5.41, 5.74) is 2.01. The molecule has 1 aromatic carbocycles. The lowest BCUT2D eigenvalue weighted by molar-refractivity contribution is -0.117. The minimum atomic E-state index is -2.01. The molecule has 1 aliphatic heterocycles. The lowest BCUT2D eigenvalue weighted by atomic mass is 9.49. The second-order valence-corrected chi connectivity index (χ2v) is 11.7. The topological polar surface area (TPSA) is 147 Å². The molecule has 3 heterocycles. The highest BCUT2D eigenvalue weighted by Gasteiger charge is 2.31. The molecule has 3 amide bonds. The van der Waals surface area contributed by atoms with Crippen molar-refractivity contribution in [3.8, 4) is 17.0 Å². The summed E-state index contributed by atoms with van der Waals surface area (Å²) in [7, 11) is 24.1. The van der Waals surface area contributed by atoms with Crippen molar-refractivity contribution in [3.05, 3.63) is 41.7 Å². The van der Waals surface area contributed by atoms with Gasteiger partial charge in [-0.3, -0.25) is 19.1 Å². The number of nitrogens with one attached hydrogen (secondary N) is 3. The van der Waals surface area contributed by atoms with Crippen LogP contribution in [-0.2, 0) is 11.8 Å². The SMILES string of the molecule is [B]C([B])([B])NC(=O)c1nnc(NC(=O)C2CC2)cc1Nc1cccc(-c2cc(C(=O)N3CCC(N(C)C)CC3)n(C)n2)c1OC. The summed E-state index contributed by atoms with van der Waals surface area (Å²) in [6, 6.07) is 8.98. The number of piperidine rings is 1. The molecule has 13 nitrogen and oxygen atoms in total. The highest BCUT2D eigenvalue weighted by molar-refractivity contribution is 6.60. The van der Waals surface area contributed by atoms with E-state index in [0.29, 0.717) is 47.5 Å². The molecule has 1 saturated carbocycles. The number of para-hydroxylation sites is 1. The molecule has 2 fully saturated rings. The molecular weight excluding hydrogens is 571 g/mol. The smallest absolute Gasteiger partial charge is 0.272 e. The van der Waals surface area contributed by atoms with Crippen LogP contribution in [-0.4, -0.2) is 117 Å². The minimum absolute atomic E-state index is 0.0738. The van der Waals surface area contributed by atoms with Crippen molar-refractivity contribution in [2.24, 2.45) is 13.0 Å². The van der Waals surface area contributed by atoms with Gasteiger partial charge in [-0.25, -0.2) is 0 Å². The van der Waals surface area contributed by atoms with Gasteiger partial charge < -0.3 is 30.5 Å². The fraction of sp³-hybridized carbons (Fsp3) is 0.448. The third-order valence-electron chi connectivity index (χ3n) is 7.88. The van der Waals surface area contributed by atoms with Gasteiger partial charge in [0.1, 0.15) is 5.69 Å². The Bertz CT molecular complexity index is 1600. The van der Waals surface area contributed by atoms with Crippen molar-refractivity contribution in [2.45, 2.75) is 37.0 Å². The van der Waals surface area contributed by atoms with Gasteiger partial charge >= 0.3 is 0 Å². The van der Waals surface area contributed by atoms with Crippen LogP contribution in [0.3, 0.4) is 0 Å². The number of ether oxygens (including phenoxy) is 1. The highest BCUT2D eigenvalue weighted by Crippen LogP contribution is 2.38. The van der Waals surface area contributed by atoms with Crippen LogP contribution in [0.5, 0.6) is 5.75 Å². The number of rotatable bonds is 10. The van der Waals surface area contributed by atoms with Crippen molar-refractivity contribution in [3.63, 3.8) is 0 Å². The van der Waals surface area contributed by atoms with Crippen LogP contribution in [0.1, 0.15) is 46.7 Å². The summed E-state index contributed by atoms with van der Waals surface area (Å²) in [6.45, 7) is 1.34. The Hall–Kier alpha value is -4.33. The maximum Gasteiger partial charge on any atom is 0.272 e. The molecular formula is C29H34B3N9O4. The molecule has 0 bridgehead atoms. The summed E-state index contributed by atoms with van der Waals surface area (Å²) in [4.78, 5) is 42.9. The van der Waals surface area contributed by atoms with E-state index < -0.39 is 11.1 Å². The van der Waals surface area contributed by atoms with Crippen LogP contribution in [0, 0.1) is 5.92 Å². The number of carbonyl (C=O) groups is 3. The van der Waals surface area contributed by atoms with Crippen molar-refractivity contribution in [1.82, 2.24) is 35.1 Å². The summed E-state index contributed by atoms with van der Waals surface area (Å²) in [6.07, 6.45) is 3.42. The largest absolute Gasteiger partial charge is 0.494 e. The van der Waals surface area contributed by atoms with Gasteiger partial charge in [0.2, 0.25) is 5.91 Å². The van der Waals surface area contributed by atoms with Gasteiger partial charge in [0.25, 0.3) is 11.8 Å². The molecule has 5 rings (SSSR count). The van der Waals surface area contributed by atoms with E-state index in [4.69, 9.17) is 28.3 Å². The molecule has 2 aromatic heterocycles. The van der Waals surface area contributed by atoms with E-state index in [-0.39, 0.29) is 34.9 Å². The molecule has 0 unspecified atom stereocenters. The highest BCUT2D eigenvalue weighted by atomic mass is 16.5. The molecule has 1 saturated heterocycles. The number of aromatic nitrogens is 4. The van der Waals surface area contributed by atoms with Crippen LogP contribution >= 0.6 is 0 Å². The van der Waals surface area contributed by atoms with E-state index in [1.165, 1.54) is 13.2 Å². The monoisotopic (exact) mass is 605 g/mol. The van der Waals surface area contributed by atoms with E-state index in [0.717, 1.165) is 25.7 Å². The third kappa shape index (κ3) is 7.50. The number of amides is 3. The van der Waals surface area contributed by atoms with Gasteiger partial charge in [-0.1, -0.05) is 11.3 Å². The predicted molar refractivity (Wildman–Crippen MR) is 172 cm³/mol. The fourth-order valence-corrected chi connectivity index (χ4v) is 5.29. The first-order chi connectivity index (χ1) is 21.3. The van der Waals surface area contributed by atoms with Crippen molar-refractivity contribution in [2.75, 3.05) is 44.9 Å². The predicted octanol–water partition coefficient (Wildman–Crippen LogP) is 0.991. The molecule has 0 atom stereocenters. The first-order valence-corrected chi connectivity index (χ1v) is 14.7. The van der Waals surface area contributed by atoms with Crippen LogP contribution in [0.15, 0.2) is 30.3 Å². The summed E-state index contributed by atoms with van der Waals surface area (Å²) < 4.78 is 7.37. The number of aryl methyl sites for hydroxylation is 1. The van der Waals surface area contributed by atoms with Crippen LogP contribution in [0.2, 0.25) is 0 Å². The summed E-state index contributed by atoms with van der Waals surface area (Å²) in [5.74, 6) is -0.608. The van der Waals surface area contributed by atoms with Crippen molar-refractivity contribution < 1.29 is 19.1 Å². The lowest BCUT2D eigenvalue weighted by Gasteiger charge is -2.35. The van der Waals surface area contributed by atoms with Gasteiger partial charge in [-0.15, -0.1) is 10.2 Å². The average Bonchev–Trinajstić information content (AvgIpc) is 3.77. The first-order valence-electron chi connectivity index (χ1n) is 14.7. The van der Waals surface area contributed by atoms with Crippen molar-refractivity contribution in [1.29, 1.82) is 0 Å². The quantitative estimate of drug-likeness (QED) is 0.288. The Balaban J connectivity index is 1.44. The maximum atomic E-state index is 13.5. The zero-order valence-corrected chi connectivity index (χ0v) is 25.8. The van der Waals surface area contributed by atoms with Gasteiger partial charge in [0.15, 0.2) is 17.3 Å². The Morgan fingerprint density at radius 2 is 1.73 bits per heavy atom. The van der Waals surface area contributed by atoms with Crippen LogP contribution in [0.25, 0.3) is 11.3 Å². The van der Waals surface area contributed by atoms with E-state index in [1.807, 2.05) is 11.0 Å². The Morgan fingerprint density at radius 3 is 2.36 bits per heavy atom. The Labute approximate surface area is 266 Å². The standard InChI is InChI=1S/C29H34B3N9O4/c1-39(2)17-10-12-41(13-11-17)28(44)22-14-20(38-40(22)3)18-6-5-7-19(25(18)45-4)33-21-15-23(34-26(42)16-8-9-16)36-37-24(21)27(43)35-29(30,31)32/h5-7,14-17H,8-13H2,1-4H3,(H,35,43)(H2,33,34,36,42). The van der Waals surface area contributed by atoms with E-state index >= 15 is 0 Å². The average molecular weight is 605 g/mol. The van der Waals surface area contributed by atoms with Crippen LogP contribution in [0.4, 0.5) is 17.2 Å². The van der Waals surface area contributed by atoms with Crippen molar-refractivity contribution >= 4 is 58.5 Å². The first kappa shape index (κ1) is 32.1. The summed E-state index contributed by atoms with van der Waals surface area (Å²) in [5, 5.41) is 18.8. The number of methoxy groups -OCH3 is 1. The van der Waals surface area contributed by atoms with Gasteiger partial charge in [-0.2, -0.15) is 5.10 Å². The molecule has 1 aliphatic carbocycles. The number of hydrogen-bond acceptors (Lipinski definition) is 9. The second kappa shape index (κ2) is 13.0. The number of hydrogen-bond donors (Lipinski definition) is 3.